The minimum Gasteiger partial charge on any atom is -0.393 e. The second-order valence-corrected chi connectivity index (χ2v) is 4.26. The number of hydrazine groups is 1. The van der Waals surface area contributed by atoms with Crippen molar-refractivity contribution >= 4 is 34.8 Å². The molecular formula is C12H13ClN6O. The molecule has 5 N–H and O–H groups in total. The van der Waals surface area contributed by atoms with E-state index in [1.807, 2.05) is 0 Å². The normalized spacial score (nSPS) is 9.90. The summed E-state index contributed by atoms with van der Waals surface area (Å²) >= 11 is 5.82. The molecule has 20 heavy (non-hydrogen) atoms. The fourth-order valence-electron chi connectivity index (χ4n) is 1.51. The quantitative estimate of drug-likeness (QED) is 0.637. The van der Waals surface area contributed by atoms with Crippen LogP contribution in [-0.4, -0.2) is 22.9 Å². The fourth-order valence-corrected chi connectivity index (χ4v) is 1.70. The smallest absolute Gasteiger partial charge is 0.269 e. The first-order valence-electron chi connectivity index (χ1n) is 5.72. The van der Waals surface area contributed by atoms with Gasteiger partial charge >= 0.3 is 0 Å². The Morgan fingerprint density at radius 3 is 2.75 bits per heavy atom. The molecular weight excluding hydrogens is 280 g/mol. The van der Waals surface area contributed by atoms with Crippen LogP contribution in [0.4, 0.5) is 17.3 Å². The molecule has 0 unspecified atom stereocenters. The number of nitrogens with two attached hydrogens (primary N) is 1. The number of hydrogen-bond acceptors (Lipinski definition) is 6. The van der Waals surface area contributed by atoms with E-state index in [9.17, 15) is 4.79 Å². The molecule has 2 aromatic rings. The molecule has 1 heterocycles. The second-order valence-electron chi connectivity index (χ2n) is 3.82. The van der Waals surface area contributed by atoms with Gasteiger partial charge in [-0.05, 0) is 18.2 Å². The SMILES string of the molecule is CNc1ncnc(NNC(=O)c2cccc(Cl)c2)c1N. The number of nitrogens with one attached hydrogen (secondary N) is 3. The monoisotopic (exact) mass is 292 g/mol. The molecule has 0 atom stereocenters. The first kappa shape index (κ1) is 13.9. The number of nitrogen functional groups attached to an aromatic ring is 1. The van der Waals surface area contributed by atoms with Crippen LogP contribution in [0.5, 0.6) is 0 Å². The Bertz CT molecular complexity index is 633. The minimum atomic E-state index is -0.350. The Hall–Kier alpha value is -2.54. The van der Waals surface area contributed by atoms with Crippen molar-refractivity contribution in [3.8, 4) is 0 Å². The maximum atomic E-state index is 11.9. The number of carbonyl (C=O) groups is 1. The number of hydrogen-bond donors (Lipinski definition) is 4. The van der Waals surface area contributed by atoms with Crippen molar-refractivity contribution in [1.82, 2.24) is 15.4 Å². The van der Waals surface area contributed by atoms with E-state index in [0.29, 0.717) is 27.9 Å². The zero-order valence-electron chi connectivity index (χ0n) is 10.6. The van der Waals surface area contributed by atoms with Crippen LogP contribution in [0.15, 0.2) is 30.6 Å². The molecule has 0 radical (unpaired) electrons. The molecule has 1 aromatic heterocycles. The van der Waals surface area contributed by atoms with Gasteiger partial charge in [0.2, 0.25) is 0 Å². The average molecular weight is 293 g/mol. The van der Waals surface area contributed by atoms with E-state index in [1.165, 1.54) is 6.33 Å². The van der Waals surface area contributed by atoms with Crippen molar-refractivity contribution in [2.75, 3.05) is 23.5 Å². The first-order valence-corrected chi connectivity index (χ1v) is 6.09. The molecule has 0 fully saturated rings. The number of benzene rings is 1. The summed E-state index contributed by atoms with van der Waals surface area (Å²) in [6, 6.07) is 6.58. The van der Waals surface area contributed by atoms with Gasteiger partial charge in [0.25, 0.3) is 5.91 Å². The summed E-state index contributed by atoms with van der Waals surface area (Å²) in [7, 11) is 1.69. The van der Waals surface area contributed by atoms with Crippen molar-refractivity contribution in [1.29, 1.82) is 0 Å². The predicted octanol–water partition coefficient (Wildman–Crippen LogP) is 1.51. The highest BCUT2D eigenvalue weighted by molar-refractivity contribution is 6.30. The molecule has 0 spiro atoms. The molecule has 104 valence electrons. The van der Waals surface area contributed by atoms with Gasteiger partial charge in [0.15, 0.2) is 11.6 Å². The Morgan fingerprint density at radius 2 is 2.05 bits per heavy atom. The van der Waals surface area contributed by atoms with Gasteiger partial charge in [0, 0.05) is 17.6 Å². The van der Waals surface area contributed by atoms with E-state index in [-0.39, 0.29) is 5.91 Å². The van der Waals surface area contributed by atoms with E-state index in [1.54, 1.807) is 31.3 Å². The zero-order chi connectivity index (χ0) is 14.5. The van der Waals surface area contributed by atoms with E-state index >= 15 is 0 Å². The van der Waals surface area contributed by atoms with Gasteiger partial charge in [0.05, 0.1) is 0 Å². The second kappa shape index (κ2) is 6.07. The third-order valence-corrected chi connectivity index (χ3v) is 2.74. The lowest BCUT2D eigenvalue weighted by Gasteiger charge is -2.11. The average Bonchev–Trinajstić information content (AvgIpc) is 2.46. The number of halogens is 1. The molecule has 1 aromatic carbocycles. The summed E-state index contributed by atoms with van der Waals surface area (Å²) in [6.07, 6.45) is 1.33. The molecule has 0 aliphatic rings. The topological polar surface area (TPSA) is 105 Å². The van der Waals surface area contributed by atoms with Crippen LogP contribution in [0.3, 0.4) is 0 Å². The maximum Gasteiger partial charge on any atom is 0.269 e. The molecule has 2 rings (SSSR count). The van der Waals surface area contributed by atoms with Gasteiger partial charge in [-0.2, -0.15) is 0 Å². The zero-order valence-corrected chi connectivity index (χ0v) is 11.4. The van der Waals surface area contributed by atoms with Crippen molar-refractivity contribution in [3.05, 3.63) is 41.2 Å². The third kappa shape index (κ3) is 3.07. The van der Waals surface area contributed by atoms with Crippen molar-refractivity contribution in [3.63, 3.8) is 0 Å². The van der Waals surface area contributed by atoms with Gasteiger partial charge in [-0.3, -0.25) is 15.6 Å². The molecule has 0 bridgehead atoms. The molecule has 0 aliphatic heterocycles. The minimum absolute atomic E-state index is 0.305. The summed E-state index contributed by atoms with van der Waals surface area (Å²) in [5.41, 5.74) is 11.7. The summed E-state index contributed by atoms with van der Waals surface area (Å²) in [5.74, 6) is 0.427. The Balaban J connectivity index is 2.07. The summed E-state index contributed by atoms with van der Waals surface area (Å²) in [5, 5.41) is 3.30. The lowest BCUT2D eigenvalue weighted by Crippen LogP contribution is -2.30. The Morgan fingerprint density at radius 1 is 1.30 bits per heavy atom. The van der Waals surface area contributed by atoms with E-state index < -0.39 is 0 Å². The standard InChI is InChI=1S/C12H13ClN6O/c1-15-10-9(14)11(17-6-16-10)18-19-12(20)7-3-2-4-8(13)5-7/h2-6H,14H2,1H3,(H,19,20)(H2,15,16,17,18). The molecule has 8 heteroatoms. The van der Waals surface area contributed by atoms with E-state index in [0.717, 1.165) is 0 Å². The highest BCUT2D eigenvalue weighted by Gasteiger charge is 2.09. The highest BCUT2D eigenvalue weighted by atomic mass is 35.5. The van der Waals surface area contributed by atoms with Crippen molar-refractivity contribution in [2.45, 2.75) is 0 Å². The number of carbonyl (C=O) groups excluding carboxylic acids is 1. The van der Waals surface area contributed by atoms with Crippen molar-refractivity contribution < 1.29 is 4.79 Å². The molecule has 0 saturated heterocycles. The van der Waals surface area contributed by atoms with Crippen LogP contribution in [0.25, 0.3) is 0 Å². The number of rotatable bonds is 4. The molecule has 7 nitrogen and oxygen atoms in total. The molecule has 1 amide bonds. The van der Waals surface area contributed by atoms with Gasteiger partial charge in [0.1, 0.15) is 12.0 Å². The molecule has 0 aliphatic carbocycles. The largest absolute Gasteiger partial charge is 0.393 e. The maximum absolute atomic E-state index is 11.9. The van der Waals surface area contributed by atoms with Gasteiger partial charge in [-0.15, -0.1) is 0 Å². The molecule has 0 saturated carbocycles. The Labute approximate surface area is 120 Å². The lowest BCUT2D eigenvalue weighted by atomic mass is 10.2. The first-order chi connectivity index (χ1) is 9.61. The van der Waals surface area contributed by atoms with Gasteiger partial charge in [-0.25, -0.2) is 9.97 Å². The van der Waals surface area contributed by atoms with Gasteiger partial charge in [-0.1, -0.05) is 17.7 Å². The predicted molar refractivity (Wildman–Crippen MR) is 78.5 cm³/mol. The van der Waals surface area contributed by atoms with Crippen LogP contribution in [0, 0.1) is 0 Å². The Kier molecular flexibility index (Phi) is 4.21. The van der Waals surface area contributed by atoms with Gasteiger partial charge < -0.3 is 11.1 Å². The van der Waals surface area contributed by atoms with E-state index in [4.69, 9.17) is 17.3 Å². The van der Waals surface area contributed by atoms with Crippen LogP contribution < -0.4 is 21.9 Å². The number of amides is 1. The highest BCUT2D eigenvalue weighted by Crippen LogP contribution is 2.20. The van der Waals surface area contributed by atoms with Crippen molar-refractivity contribution in [2.24, 2.45) is 0 Å². The van der Waals surface area contributed by atoms with Crippen LogP contribution >= 0.6 is 11.6 Å². The number of aromatic nitrogens is 2. The fraction of sp³-hybridized carbons (Fsp3) is 0.0833. The number of nitrogens with zero attached hydrogens (tertiary/aromatic N) is 2. The summed E-state index contributed by atoms with van der Waals surface area (Å²) in [4.78, 5) is 19.8. The summed E-state index contributed by atoms with van der Waals surface area (Å²) < 4.78 is 0. The third-order valence-electron chi connectivity index (χ3n) is 2.50. The number of anilines is 3. The van der Waals surface area contributed by atoms with E-state index in [2.05, 4.69) is 26.1 Å². The lowest BCUT2D eigenvalue weighted by molar-refractivity contribution is 0.0962. The summed E-state index contributed by atoms with van der Waals surface area (Å²) in [6.45, 7) is 0. The van der Waals surface area contributed by atoms with Crippen LogP contribution in [-0.2, 0) is 0 Å². The van der Waals surface area contributed by atoms with Crippen LogP contribution in [0.1, 0.15) is 10.4 Å². The van der Waals surface area contributed by atoms with Crippen LogP contribution in [0.2, 0.25) is 5.02 Å².